The number of esters is 1. The molecule has 7 nitrogen and oxygen atoms in total. The molecule has 1 aliphatic rings. The fourth-order valence-corrected chi connectivity index (χ4v) is 7.85. The lowest BCUT2D eigenvalue weighted by Crippen LogP contribution is -2.41. The summed E-state index contributed by atoms with van der Waals surface area (Å²) in [5.74, 6) is -2.36. The summed E-state index contributed by atoms with van der Waals surface area (Å²) in [6, 6.07) is 21.2. The van der Waals surface area contributed by atoms with Gasteiger partial charge in [-0.15, -0.1) is 11.3 Å². The lowest BCUT2D eigenvalue weighted by molar-refractivity contribution is -0.136. The number of aromatic nitrogens is 1. The number of allylic oxidation sites excluding steroid dienone is 1. The van der Waals surface area contributed by atoms with Crippen molar-refractivity contribution in [1.82, 2.24) is 4.57 Å². The van der Waals surface area contributed by atoms with E-state index in [4.69, 9.17) is 33.7 Å². The minimum absolute atomic E-state index is 0.0196. The normalized spacial score (nSPS) is 15.7. The van der Waals surface area contributed by atoms with Crippen molar-refractivity contribution < 1.29 is 17.9 Å². The Bertz CT molecular complexity index is 1960. The summed E-state index contributed by atoms with van der Waals surface area (Å²) >= 11 is 13.9. The van der Waals surface area contributed by atoms with Crippen molar-refractivity contribution >= 4 is 67.8 Å². The fourth-order valence-electron chi connectivity index (χ4n) is 4.57. The average molecular weight is 614 g/mol. The Hall–Kier alpha value is -3.63. The van der Waals surface area contributed by atoms with E-state index in [1.54, 1.807) is 79.7 Å². The van der Waals surface area contributed by atoms with Crippen LogP contribution >= 0.6 is 34.5 Å². The first kappa shape index (κ1) is 27.9. The number of nitrogens with zero attached hydrogens (tertiary/aromatic N) is 1. The lowest BCUT2D eigenvalue weighted by Gasteiger charge is -2.28. The zero-order valence-corrected chi connectivity index (χ0v) is 24.2. The molecule has 3 aromatic carbocycles. The third-order valence-electron chi connectivity index (χ3n) is 6.34. The van der Waals surface area contributed by atoms with Gasteiger partial charge >= 0.3 is 5.97 Å². The van der Waals surface area contributed by atoms with Crippen molar-refractivity contribution in [3.8, 4) is 0 Å². The van der Waals surface area contributed by atoms with Crippen LogP contribution in [0.2, 0.25) is 10.0 Å². The van der Waals surface area contributed by atoms with Gasteiger partial charge in [-0.05, 0) is 48.4 Å². The van der Waals surface area contributed by atoms with Gasteiger partial charge in [0.25, 0.3) is 5.56 Å². The number of thiazole rings is 1. The van der Waals surface area contributed by atoms with Crippen molar-refractivity contribution in [3.63, 3.8) is 0 Å². The number of benzene rings is 3. The molecule has 1 aromatic heterocycles. The standard InChI is InChI=1S/C29H22Cl2N2O5S2/c1-2-38-29(35)24-23(19-13-7-9-15-21(19)31)25(40(36,37)18-11-4-3-5-12-18)26(32)33-27(34)22(39-28(24)33)16-17-10-6-8-14-20(17)30/h3-16,23H,2,32H2,1H3/b22-16+/t23-/m0/s1. The molecule has 204 valence electrons. The molecule has 0 bridgehead atoms. The van der Waals surface area contributed by atoms with Crippen molar-refractivity contribution in [2.24, 2.45) is 5.73 Å². The molecule has 1 aliphatic heterocycles. The van der Waals surface area contributed by atoms with E-state index in [0.29, 0.717) is 16.1 Å². The van der Waals surface area contributed by atoms with Crippen molar-refractivity contribution in [2.45, 2.75) is 17.7 Å². The molecule has 0 radical (unpaired) electrons. The molecule has 40 heavy (non-hydrogen) atoms. The van der Waals surface area contributed by atoms with Gasteiger partial charge in [0.1, 0.15) is 15.4 Å². The summed E-state index contributed by atoms with van der Waals surface area (Å²) in [5.41, 5.74) is 6.83. The largest absolute Gasteiger partial charge is 0.463 e. The topological polar surface area (TPSA) is 108 Å². The quantitative estimate of drug-likeness (QED) is 0.328. The fraction of sp³-hybridized carbons (Fsp3) is 0.103. The van der Waals surface area contributed by atoms with Crippen molar-refractivity contribution in [3.05, 3.63) is 124 Å². The predicted molar refractivity (Wildman–Crippen MR) is 158 cm³/mol. The number of hydrogen-bond donors (Lipinski definition) is 1. The molecule has 0 saturated carbocycles. The van der Waals surface area contributed by atoms with Crippen LogP contribution in [-0.2, 0) is 19.4 Å². The Labute approximate surface area is 244 Å². The highest BCUT2D eigenvalue weighted by atomic mass is 35.5. The molecule has 5 rings (SSSR count). The summed E-state index contributed by atoms with van der Waals surface area (Å²) in [6.07, 6.45) is 1.58. The maximum atomic E-state index is 14.2. The molecule has 0 spiro atoms. The van der Waals surface area contributed by atoms with E-state index in [1.165, 1.54) is 12.1 Å². The van der Waals surface area contributed by atoms with Gasteiger partial charge in [0.2, 0.25) is 9.84 Å². The van der Waals surface area contributed by atoms with E-state index >= 15 is 0 Å². The van der Waals surface area contributed by atoms with Crippen LogP contribution in [0.4, 0.5) is 0 Å². The van der Waals surface area contributed by atoms with Gasteiger partial charge in [-0.2, -0.15) is 0 Å². The zero-order valence-electron chi connectivity index (χ0n) is 21.0. The number of carbonyl (C=O) groups is 1. The van der Waals surface area contributed by atoms with Crippen LogP contribution in [0.25, 0.3) is 17.5 Å². The van der Waals surface area contributed by atoms with Crippen molar-refractivity contribution in [1.29, 1.82) is 0 Å². The molecule has 4 aromatic rings. The second kappa shape index (κ2) is 11.1. The number of halogens is 2. The Morgan fingerprint density at radius 2 is 1.62 bits per heavy atom. The van der Waals surface area contributed by atoms with Crippen LogP contribution in [-0.4, -0.2) is 25.6 Å². The smallest absolute Gasteiger partial charge is 0.338 e. The predicted octanol–water partition coefficient (Wildman–Crippen LogP) is 4.12. The van der Waals surface area contributed by atoms with Crippen LogP contribution in [0.15, 0.2) is 93.5 Å². The van der Waals surface area contributed by atoms with Gasteiger partial charge in [-0.25, -0.2) is 13.2 Å². The first-order valence-electron chi connectivity index (χ1n) is 12.1. The first-order valence-corrected chi connectivity index (χ1v) is 15.2. The van der Waals surface area contributed by atoms with Gasteiger partial charge < -0.3 is 10.5 Å². The maximum Gasteiger partial charge on any atom is 0.338 e. The van der Waals surface area contributed by atoms with E-state index in [0.717, 1.165) is 15.9 Å². The summed E-state index contributed by atoms with van der Waals surface area (Å²) in [4.78, 5) is 27.0. The Morgan fingerprint density at radius 1 is 1.00 bits per heavy atom. The van der Waals surface area contributed by atoms with Gasteiger partial charge in [0.05, 0.1) is 27.5 Å². The zero-order chi connectivity index (χ0) is 28.6. The second-order valence-corrected chi connectivity index (χ2v) is 12.5. The highest BCUT2D eigenvalue weighted by Crippen LogP contribution is 2.44. The highest BCUT2D eigenvalue weighted by molar-refractivity contribution is 7.95. The average Bonchev–Trinajstić information content (AvgIpc) is 3.26. The first-order chi connectivity index (χ1) is 19.2. The number of fused-ring (bicyclic) bond motifs is 1. The maximum absolute atomic E-state index is 14.2. The third kappa shape index (κ3) is 4.79. The Balaban J connectivity index is 1.96. The monoisotopic (exact) mass is 612 g/mol. The minimum Gasteiger partial charge on any atom is -0.463 e. The Morgan fingerprint density at radius 3 is 2.27 bits per heavy atom. The lowest BCUT2D eigenvalue weighted by atomic mass is 9.89. The molecule has 0 fully saturated rings. The number of carbonyl (C=O) groups excluding carboxylic acids is 1. The van der Waals surface area contributed by atoms with Crippen LogP contribution in [0.1, 0.15) is 24.0 Å². The van der Waals surface area contributed by atoms with Gasteiger partial charge in [0.15, 0.2) is 0 Å². The number of nitrogens with two attached hydrogens (primary N) is 1. The van der Waals surface area contributed by atoms with Crippen LogP contribution < -0.4 is 20.5 Å². The van der Waals surface area contributed by atoms with E-state index in [1.807, 2.05) is 0 Å². The molecular weight excluding hydrogens is 591 g/mol. The third-order valence-corrected chi connectivity index (χ3v) is 10.1. The van der Waals surface area contributed by atoms with Crippen molar-refractivity contribution in [2.75, 3.05) is 6.61 Å². The molecule has 0 unspecified atom stereocenters. The number of ether oxygens (including phenoxy) is 1. The van der Waals surface area contributed by atoms with Gasteiger partial charge in [-0.1, -0.05) is 77.8 Å². The molecule has 0 amide bonds. The molecule has 0 saturated heterocycles. The summed E-state index contributed by atoms with van der Waals surface area (Å²) < 4.78 is 35.2. The summed E-state index contributed by atoms with van der Waals surface area (Å²) in [6.45, 7) is 1.65. The van der Waals surface area contributed by atoms with E-state index in [-0.39, 0.29) is 42.0 Å². The summed E-state index contributed by atoms with van der Waals surface area (Å²) in [7, 11) is -4.34. The molecule has 11 heteroatoms. The summed E-state index contributed by atoms with van der Waals surface area (Å²) in [5, 5.41) is 0.635. The SMILES string of the molecule is CCOC(=O)C1=c2s/c(=C/c3ccccc3Cl)c(=O)n2C(N)=C(S(=O)(=O)c2ccccc2)[C@H]1c1ccccc1Cl. The van der Waals surface area contributed by atoms with E-state index < -0.39 is 27.3 Å². The number of sulfone groups is 1. The van der Waals surface area contributed by atoms with Crippen LogP contribution in [0, 0.1) is 0 Å². The molecule has 2 heterocycles. The molecule has 2 N–H and O–H groups in total. The second-order valence-electron chi connectivity index (χ2n) is 8.73. The van der Waals surface area contributed by atoms with Crippen LogP contribution in [0.3, 0.4) is 0 Å². The number of hydrogen-bond acceptors (Lipinski definition) is 7. The van der Waals surface area contributed by atoms with Gasteiger partial charge in [0, 0.05) is 10.0 Å². The van der Waals surface area contributed by atoms with E-state index in [2.05, 4.69) is 0 Å². The Kier molecular flexibility index (Phi) is 7.74. The van der Waals surface area contributed by atoms with Gasteiger partial charge in [-0.3, -0.25) is 9.36 Å². The van der Waals surface area contributed by atoms with E-state index in [9.17, 15) is 18.0 Å². The minimum atomic E-state index is -4.34. The molecule has 0 aliphatic carbocycles. The molecule has 1 atom stereocenters. The number of rotatable bonds is 6. The highest BCUT2D eigenvalue weighted by Gasteiger charge is 2.43. The molecular formula is C29H22Cl2N2O5S2. The van der Waals surface area contributed by atoms with Crippen LogP contribution in [0.5, 0.6) is 0 Å².